The van der Waals surface area contributed by atoms with E-state index in [2.05, 4.69) is 10.2 Å². The fourth-order valence-electron chi connectivity index (χ4n) is 4.94. The first kappa shape index (κ1) is 17.6. The molecule has 0 spiro atoms. The maximum Gasteiger partial charge on any atom is 0.254 e. The van der Waals surface area contributed by atoms with Gasteiger partial charge in [-0.25, -0.2) is 0 Å². The van der Waals surface area contributed by atoms with Crippen LogP contribution in [0.3, 0.4) is 0 Å². The van der Waals surface area contributed by atoms with E-state index in [1.54, 1.807) is 17.5 Å². The van der Waals surface area contributed by atoms with E-state index in [1.807, 2.05) is 52.9 Å². The molecule has 1 saturated carbocycles. The molecule has 144 valence electrons. The van der Waals surface area contributed by atoms with Gasteiger partial charge in [0.1, 0.15) is 0 Å². The fourth-order valence-corrected chi connectivity index (χ4v) is 5.81. The smallest absolute Gasteiger partial charge is 0.254 e. The number of carbonyl (C=O) groups excluding carboxylic acids is 1. The second-order valence-corrected chi connectivity index (χ2v) is 8.86. The molecule has 0 radical (unpaired) electrons. The minimum Gasteiger partial charge on any atom is -0.385 e. The van der Waals surface area contributed by atoms with Crippen LogP contribution in [0.5, 0.6) is 0 Å². The molecule has 1 aromatic carbocycles. The highest BCUT2D eigenvalue weighted by Gasteiger charge is 2.50. The van der Waals surface area contributed by atoms with E-state index >= 15 is 0 Å². The minimum atomic E-state index is -0.837. The molecule has 3 unspecified atom stereocenters. The number of amides is 1. The molecule has 3 aromatic rings. The number of nitrogens with zero attached hydrogens (tertiary/aromatic N) is 2. The number of likely N-dealkylation sites (tertiary alicyclic amines) is 1. The third-order valence-corrected chi connectivity index (χ3v) is 7.36. The van der Waals surface area contributed by atoms with Gasteiger partial charge in [0.15, 0.2) is 0 Å². The zero-order valence-electron chi connectivity index (χ0n) is 15.5. The Hall–Kier alpha value is -2.44. The Bertz CT molecular complexity index is 969. The molecule has 3 heterocycles. The predicted molar refractivity (Wildman–Crippen MR) is 109 cm³/mol. The predicted octanol–water partition coefficient (Wildman–Crippen LogP) is 3.90. The van der Waals surface area contributed by atoms with Gasteiger partial charge < -0.3 is 10.0 Å². The third kappa shape index (κ3) is 2.88. The molecule has 1 aliphatic heterocycles. The summed E-state index contributed by atoms with van der Waals surface area (Å²) in [5, 5.41) is 20.3. The number of hydrogen-bond donors (Lipinski definition) is 2. The Morgan fingerprint density at radius 2 is 2.14 bits per heavy atom. The van der Waals surface area contributed by atoms with Crippen LogP contribution >= 0.6 is 11.3 Å². The number of aromatic nitrogens is 2. The second-order valence-electron chi connectivity index (χ2n) is 7.95. The van der Waals surface area contributed by atoms with Gasteiger partial charge in [-0.3, -0.25) is 9.89 Å². The Kier molecular flexibility index (Phi) is 4.33. The Morgan fingerprint density at radius 3 is 2.93 bits per heavy atom. The molecule has 1 saturated heterocycles. The van der Waals surface area contributed by atoms with Gasteiger partial charge in [-0.15, -0.1) is 11.3 Å². The number of fused-ring (bicyclic) bond motifs is 1. The van der Waals surface area contributed by atoms with Crippen LogP contribution in [-0.4, -0.2) is 39.2 Å². The summed E-state index contributed by atoms with van der Waals surface area (Å²) in [6, 6.07) is 11.9. The van der Waals surface area contributed by atoms with Gasteiger partial charge in [0, 0.05) is 41.0 Å². The summed E-state index contributed by atoms with van der Waals surface area (Å²) in [5.74, 6) is 0.519. The van der Waals surface area contributed by atoms with Crippen LogP contribution < -0.4 is 0 Å². The Balaban J connectivity index is 1.38. The van der Waals surface area contributed by atoms with Crippen molar-refractivity contribution < 1.29 is 9.90 Å². The SMILES string of the molecule is O=C(c1csc(-c2cn[nH]c2)c1)N1CC2CCCC(O)(c3ccccc3)C2C1. The highest BCUT2D eigenvalue weighted by Crippen LogP contribution is 2.48. The monoisotopic (exact) mass is 393 g/mol. The number of benzene rings is 1. The van der Waals surface area contributed by atoms with Crippen LogP contribution in [0, 0.1) is 11.8 Å². The molecule has 1 aliphatic carbocycles. The van der Waals surface area contributed by atoms with Crippen molar-refractivity contribution in [3.05, 3.63) is 65.3 Å². The minimum absolute atomic E-state index is 0.0656. The first-order valence-corrected chi connectivity index (χ1v) is 10.7. The molecule has 5 nitrogen and oxygen atoms in total. The molecule has 2 fully saturated rings. The van der Waals surface area contributed by atoms with E-state index in [4.69, 9.17) is 0 Å². The number of H-pyrrole nitrogens is 1. The highest BCUT2D eigenvalue weighted by atomic mass is 32.1. The van der Waals surface area contributed by atoms with E-state index in [9.17, 15) is 9.90 Å². The lowest BCUT2D eigenvalue weighted by Crippen LogP contribution is -2.42. The topological polar surface area (TPSA) is 69.2 Å². The van der Waals surface area contributed by atoms with E-state index in [-0.39, 0.29) is 11.8 Å². The average molecular weight is 394 g/mol. The number of thiophene rings is 1. The number of rotatable bonds is 3. The molecule has 5 rings (SSSR count). The number of aliphatic hydroxyl groups is 1. The first-order chi connectivity index (χ1) is 13.6. The molecular weight excluding hydrogens is 370 g/mol. The van der Waals surface area contributed by atoms with Crippen molar-refractivity contribution in [2.75, 3.05) is 13.1 Å². The number of nitrogens with one attached hydrogen (secondary N) is 1. The standard InChI is InChI=1S/C22H23N3O2S/c26-21(16-9-20(28-14-16)17-10-23-24-11-17)25-12-15-5-4-8-22(27,19(15)13-25)18-6-2-1-3-7-18/h1-3,6-7,9-11,14-15,19,27H,4-5,8,12-13H2,(H,23,24). The quantitative estimate of drug-likeness (QED) is 0.709. The van der Waals surface area contributed by atoms with Crippen LogP contribution in [0.2, 0.25) is 0 Å². The molecule has 2 N–H and O–H groups in total. The van der Waals surface area contributed by atoms with Gasteiger partial charge in [0.2, 0.25) is 0 Å². The van der Waals surface area contributed by atoms with E-state index in [0.29, 0.717) is 12.5 Å². The number of carbonyl (C=O) groups is 1. The summed E-state index contributed by atoms with van der Waals surface area (Å²) >= 11 is 1.56. The van der Waals surface area contributed by atoms with Crippen molar-refractivity contribution in [1.82, 2.24) is 15.1 Å². The molecule has 1 amide bonds. The highest BCUT2D eigenvalue weighted by molar-refractivity contribution is 7.13. The van der Waals surface area contributed by atoms with Crippen molar-refractivity contribution in [2.24, 2.45) is 11.8 Å². The van der Waals surface area contributed by atoms with E-state index in [1.165, 1.54) is 0 Å². The Morgan fingerprint density at radius 1 is 1.29 bits per heavy atom. The van der Waals surface area contributed by atoms with Gasteiger partial charge in [0.05, 0.1) is 17.4 Å². The van der Waals surface area contributed by atoms with Crippen molar-refractivity contribution in [1.29, 1.82) is 0 Å². The van der Waals surface area contributed by atoms with Crippen molar-refractivity contribution in [3.63, 3.8) is 0 Å². The van der Waals surface area contributed by atoms with Gasteiger partial charge >= 0.3 is 0 Å². The third-order valence-electron chi connectivity index (χ3n) is 6.38. The maximum atomic E-state index is 13.1. The summed E-state index contributed by atoms with van der Waals surface area (Å²) < 4.78 is 0. The summed E-state index contributed by atoms with van der Waals surface area (Å²) in [6.45, 7) is 1.35. The van der Waals surface area contributed by atoms with Crippen molar-refractivity contribution in [3.8, 4) is 10.4 Å². The molecule has 28 heavy (non-hydrogen) atoms. The van der Waals surface area contributed by atoms with Crippen molar-refractivity contribution >= 4 is 17.2 Å². The normalized spacial score (nSPS) is 27.0. The zero-order valence-corrected chi connectivity index (χ0v) is 16.4. The largest absolute Gasteiger partial charge is 0.385 e. The van der Waals surface area contributed by atoms with Gasteiger partial charge in [-0.1, -0.05) is 30.3 Å². The molecule has 0 bridgehead atoms. The lowest BCUT2D eigenvalue weighted by atomic mass is 9.67. The molecule has 2 aliphatic rings. The van der Waals surface area contributed by atoms with Gasteiger partial charge in [-0.2, -0.15) is 5.10 Å². The number of hydrogen-bond acceptors (Lipinski definition) is 4. The summed E-state index contributed by atoms with van der Waals surface area (Å²) in [4.78, 5) is 16.1. The van der Waals surface area contributed by atoms with E-state index in [0.717, 1.165) is 47.4 Å². The lowest BCUT2D eigenvalue weighted by molar-refractivity contribution is -0.0644. The molecule has 3 atom stereocenters. The second kappa shape index (κ2) is 6.87. The maximum absolute atomic E-state index is 13.1. The lowest BCUT2D eigenvalue weighted by Gasteiger charge is -2.41. The summed E-state index contributed by atoms with van der Waals surface area (Å²) in [6.07, 6.45) is 6.45. The zero-order chi connectivity index (χ0) is 19.1. The van der Waals surface area contributed by atoms with Crippen molar-refractivity contribution in [2.45, 2.75) is 24.9 Å². The van der Waals surface area contributed by atoms with Gasteiger partial charge in [-0.05, 0) is 36.8 Å². The molecular formula is C22H23N3O2S. The van der Waals surface area contributed by atoms with Crippen LogP contribution in [0.25, 0.3) is 10.4 Å². The molecule has 6 heteroatoms. The molecule has 2 aromatic heterocycles. The number of aromatic amines is 1. The van der Waals surface area contributed by atoms with Crippen LogP contribution in [0.1, 0.15) is 35.2 Å². The van der Waals surface area contributed by atoms with Crippen LogP contribution in [0.15, 0.2) is 54.2 Å². The summed E-state index contributed by atoms with van der Waals surface area (Å²) in [7, 11) is 0. The van der Waals surface area contributed by atoms with Crippen LogP contribution in [-0.2, 0) is 5.60 Å². The van der Waals surface area contributed by atoms with Crippen LogP contribution in [0.4, 0.5) is 0 Å². The average Bonchev–Trinajstić information content (AvgIpc) is 3.48. The fraction of sp³-hybridized carbons (Fsp3) is 0.364. The first-order valence-electron chi connectivity index (χ1n) is 9.80. The summed E-state index contributed by atoms with van der Waals surface area (Å²) in [5.41, 5.74) is 1.87. The Labute approximate surface area is 168 Å². The van der Waals surface area contributed by atoms with Gasteiger partial charge in [0.25, 0.3) is 5.91 Å². The van der Waals surface area contributed by atoms with E-state index < -0.39 is 5.60 Å².